The number of nitrogens with two attached hydrogens (primary N) is 1. The minimum absolute atomic E-state index is 0.303. The summed E-state index contributed by atoms with van der Waals surface area (Å²) in [5.74, 6) is 3.36. The van der Waals surface area contributed by atoms with Gasteiger partial charge in [0.1, 0.15) is 0 Å². The Hall–Kier alpha value is -1.39. The second-order valence-corrected chi connectivity index (χ2v) is 2.30. The lowest BCUT2D eigenvalue weighted by molar-refractivity contribution is -0.130. The third-order valence-electron chi connectivity index (χ3n) is 1.37. The van der Waals surface area contributed by atoms with Gasteiger partial charge in [0.15, 0.2) is 5.78 Å². The summed E-state index contributed by atoms with van der Waals surface area (Å²) in [4.78, 5) is 22.0. The first-order chi connectivity index (χ1) is 5.63. The van der Waals surface area contributed by atoms with Crippen molar-refractivity contribution in [3.8, 4) is 0 Å². The largest absolute Gasteiger partial charge is 0.356 e. The van der Waals surface area contributed by atoms with Crippen LogP contribution in [-0.4, -0.2) is 24.4 Å². The molecule has 0 rings (SSSR count). The molecule has 0 saturated heterocycles. The van der Waals surface area contributed by atoms with E-state index in [0.29, 0.717) is 6.54 Å². The van der Waals surface area contributed by atoms with Crippen molar-refractivity contribution in [2.45, 2.75) is 13.8 Å². The number of carbonyl (C=O) groups excluding carboxylic acids is 2. The molecule has 0 heterocycles. The summed E-state index contributed by atoms with van der Waals surface area (Å²) in [6.45, 7) is 3.80. The van der Waals surface area contributed by atoms with Crippen LogP contribution >= 0.6 is 0 Å². The summed E-state index contributed by atoms with van der Waals surface area (Å²) in [5, 5.41) is 5.57. The standard InChI is InChI=1S/C7H13N3O2/c1-3-9-7(12)5(2)6(11)4-10-8/h4-5H,3,8H2,1-2H3,(H,9,12). The molecular weight excluding hydrogens is 158 g/mol. The Balaban J connectivity index is 4.09. The third kappa shape index (κ3) is 3.14. The Morgan fingerprint density at radius 2 is 2.25 bits per heavy atom. The highest BCUT2D eigenvalue weighted by Crippen LogP contribution is 1.94. The van der Waals surface area contributed by atoms with E-state index in [1.165, 1.54) is 6.92 Å². The average molecular weight is 171 g/mol. The molecule has 1 unspecified atom stereocenters. The van der Waals surface area contributed by atoms with E-state index in [4.69, 9.17) is 5.84 Å². The number of Topliss-reactive ketones (excluding diaryl/α,β-unsaturated/α-hetero) is 1. The highest BCUT2D eigenvalue weighted by atomic mass is 16.2. The second kappa shape index (κ2) is 5.29. The predicted octanol–water partition coefficient (Wildman–Crippen LogP) is -0.728. The zero-order valence-corrected chi connectivity index (χ0v) is 7.20. The number of hydrogen-bond donors (Lipinski definition) is 2. The minimum Gasteiger partial charge on any atom is -0.356 e. The Kier molecular flexibility index (Phi) is 4.67. The molecule has 5 heteroatoms. The highest BCUT2D eigenvalue weighted by Gasteiger charge is 2.18. The summed E-state index contributed by atoms with van der Waals surface area (Å²) in [6.07, 6.45) is 0.944. The molecule has 0 saturated carbocycles. The SMILES string of the molecule is CCNC(=O)C(C)C(=O)C=NN. The number of hydrogen-bond acceptors (Lipinski definition) is 4. The molecule has 3 N–H and O–H groups in total. The van der Waals surface area contributed by atoms with Crippen molar-refractivity contribution < 1.29 is 9.59 Å². The van der Waals surface area contributed by atoms with Crippen molar-refractivity contribution in [3.63, 3.8) is 0 Å². The van der Waals surface area contributed by atoms with Crippen LogP contribution in [0, 0.1) is 5.92 Å². The van der Waals surface area contributed by atoms with Crippen LogP contribution in [0.1, 0.15) is 13.8 Å². The second-order valence-electron chi connectivity index (χ2n) is 2.30. The van der Waals surface area contributed by atoms with Gasteiger partial charge in [0.25, 0.3) is 0 Å². The topological polar surface area (TPSA) is 84.5 Å². The first kappa shape index (κ1) is 10.6. The summed E-state index contributed by atoms with van der Waals surface area (Å²) < 4.78 is 0. The van der Waals surface area contributed by atoms with E-state index in [0.717, 1.165) is 6.21 Å². The molecule has 1 atom stereocenters. The zero-order valence-electron chi connectivity index (χ0n) is 7.20. The monoisotopic (exact) mass is 171 g/mol. The molecule has 0 fully saturated rings. The maximum Gasteiger partial charge on any atom is 0.230 e. The molecule has 0 spiro atoms. The van der Waals surface area contributed by atoms with Gasteiger partial charge < -0.3 is 11.2 Å². The van der Waals surface area contributed by atoms with Crippen molar-refractivity contribution in [2.24, 2.45) is 16.9 Å². The number of amides is 1. The molecule has 0 aliphatic carbocycles. The van der Waals surface area contributed by atoms with Gasteiger partial charge in [-0.3, -0.25) is 9.59 Å². The molecule has 0 radical (unpaired) electrons. The average Bonchev–Trinajstić information content (AvgIpc) is 2.04. The van der Waals surface area contributed by atoms with Gasteiger partial charge in [0.05, 0.1) is 12.1 Å². The maximum atomic E-state index is 11.0. The van der Waals surface area contributed by atoms with Crippen LogP contribution in [0.15, 0.2) is 5.10 Å². The molecule has 68 valence electrons. The lowest BCUT2D eigenvalue weighted by atomic mass is 10.1. The maximum absolute atomic E-state index is 11.0. The van der Waals surface area contributed by atoms with E-state index >= 15 is 0 Å². The van der Waals surface area contributed by atoms with Gasteiger partial charge in [-0.1, -0.05) is 0 Å². The van der Waals surface area contributed by atoms with Gasteiger partial charge in [-0.05, 0) is 13.8 Å². The molecular formula is C7H13N3O2. The van der Waals surface area contributed by atoms with E-state index < -0.39 is 5.92 Å². The molecule has 12 heavy (non-hydrogen) atoms. The first-order valence-corrected chi connectivity index (χ1v) is 3.68. The predicted molar refractivity (Wildman–Crippen MR) is 45.5 cm³/mol. The van der Waals surface area contributed by atoms with Crippen molar-refractivity contribution in [1.29, 1.82) is 0 Å². The van der Waals surface area contributed by atoms with E-state index in [2.05, 4.69) is 10.4 Å². The smallest absolute Gasteiger partial charge is 0.230 e. The van der Waals surface area contributed by atoms with Crippen LogP contribution in [0.4, 0.5) is 0 Å². The van der Waals surface area contributed by atoms with Crippen molar-refractivity contribution in [3.05, 3.63) is 0 Å². The number of ketones is 1. The summed E-state index contributed by atoms with van der Waals surface area (Å²) in [7, 11) is 0. The van der Waals surface area contributed by atoms with Gasteiger partial charge >= 0.3 is 0 Å². The molecule has 0 aromatic rings. The van der Waals surface area contributed by atoms with E-state index in [1.54, 1.807) is 6.92 Å². The Morgan fingerprint density at radius 1 is 1.67 bits per heavy atom. The molecule has 1 amide bonds. The Labute approximate surface area is 71.0 Å². The normalized spacial score (nSPS) is 12.8. The van der Waals surface area contributed by atoms with Gasteiger partial charge in [-0.15, -0.1) is 0 Å². The van der Waals surface area contributed by atoms with E-state index in [-0.39, 0.29) is 11.7 Å². The number of nitrogens with zero attached hydrogens (tertiary/aromatic N) is 1. The summed E-state index contributed by atoms with van der Waals surface area (Å²) in [5.41, 5.74) is 0. The lowest BCUT2D eigenvalue weighted by Crippen LogP contribution is -2.34. The number of hydrazone groups is 1. The van der Waals surface area contributed by atoms with Crippen LogP contribution in [0.25, 0.3) is 0 Å². The number of nitrogens with one attached hydrogen (secondary N) is 1. The van der Waals surface area contributed by atoms with E-state index in [1.807, 2.05) is 0 Å². The van der Waals surface area contributed by atoms with Gasteiger partial charge in [-0.2, -0.15) is 5.10 Å². The van der Waals surface area contributed by atoms with Crippen molar-refractivity contribution >= 4 is 17.9 Å². The number of carbonyl (C=O) groups is 2. The fourth-order valence-corrected chi connectivity index (χ4v) is 0.642. The van der Waals surface area contributed by atoms with Crippen LogP contribution in [0.2, 0.25) is 0 Å². The molecule has 0 aliphatic heterocycles. The Bertz CT molecular complexity index is 201. The van der Waals surface area contributed by atoms with Crippen LogP contribution < -0.4 is 11.2 Å². The van der Waals surface area contributed by atoms with Crippen LogP contribution in [0.5, 0.6) is 0 Å². The molecule has 0 aliphatic rings. The van der Waals surface area contributed by atoms with E-state index in [9.17, 15) is 9.59 Å². The summed E-state index contributed by atoms with van der Waals surface area (Å²) >= 11 is 0. The fourth-order valence-electron chi connectivity index (χ4n) is 0.642. The fraction of sp³-hybridized carbons (Fsp3) is 0.571. The number of rotatable bonds is 4. The molecule has 0 aromatic heterocycles. The quantitative estimate of drug-likeness (QED) is 0.253. The Morgan fingerprint density at radius 3 is 2.67 bits per heavy atom. The van der Waals surface area contributed by atoms with Crippen LogP contribution in [0.3, 0.4) is 0 Å². The molecule has 0 bridgehead atoms. The van der Waals surface area contributed by atoms with Crippen LogP contribution in [-0.2, 0) is 9.59 Å². The summed E-state index contributed by atoms with van der Waals surface area (Å²) in [6, 6.07) is 0. The van der Waals surface area contributed by atoms with Crippen molar-refractivity contribution in [2.75, 3.05) is 6.54 Å². The highest BCUT2D eigenvalue weighted by molar-refractivity contribution is 6.32. The molecule has 0 aromatic carbocycles. The van der Waals surface area contributed by atoms with Gasteiger partial charge in [0, 0.05) is 6.54 Å². The molecule has 5 nitrogen and oxygen atoms in total. The first-order valence-electron chi connectivity index (χ1n) is 3.68. The minimum atomic E-state index is -0.711. The van der Waals surface area contributed by atoms with Gasteiger partial charge in [0.2, 0.25) is 5.91 Å². The van der Waals surface area contributed by atoms with Gasteiger partial charge in [-0.25, -0.2) is 0 Å². The van der Waals surface area contributed by atoms with Crippen molar-refractivity contribution in [1.82, 2.24) is 5.32 Å². The third-order valence-corrected chi connectivity index (χ3v) is 1.37. The lowest BCUT2D eigenvalue weighted by Gasteiger charge is -2.05. The zero-order chi connectivity index (χ0) is 9.56.